The van der Waals surface area contributed by atoms with Crippen LogP contribution in [0.2, 0.25) is 0 Å². The zero-order valence-electron chi connectivity index (χ0n) is 11.1. The first-order valence-corrected chi connectivity index (χ1v) is 6.41. The van der Waals surface area contributed by atoms with E-state index in [1.807, 2.05) is 23.1 Å². The van der Waals surface area contributed by atoms with Gasteiger partial charge in [-0.3, -0.25) is 9.20 Å². The predicted molar refractivity (Wildman–Crippen MR) is 72.5 cm³/mol. The normalized spacial score (nSPS) is 22.1. The van der Waals surface area contributed by atoms with E-state index < -0.39 is 11.4 Å². The first kappa shape index (κ1) is 12.5. The van der Waals surface area contributed by atoms with Crippen molar-refractivity contribution in [3.8, 4) is 6.07 Å². The van der Waals surface area contributed by atoms with Crippen molar-refractivity contribution in [1.82, 2.24) is 9.38 Å². The van der Waals surface area contributed by atoms with E-state index in [1.54, 1.807) is 17.5 Å². The minimum Gasteiger partial charge on any atom is -0.481 e. The number of hydrogen-bond donors (Lipinski definition) is 1. The Balaban J connectivity index is 2.04. The summed E-state index contributed by atoms with van der Waals surface area (Å²) in [4.78, 5) is 17.7. The number of nitrogens with zero attached hydrogens (tertiary/aromatic N) is 4. The van der Waals surface area contributed by atoms with Gasteiger partial charge in [-0.05, 0) is 25.5 Å². The summed E-state index contributed by atoms with van der Waals surface area (Å²) < 4.78 is 1.73. The second-order valence-corrected chi connectivity index (χ2v) is 5.36. The number of imidazole rings is 1. The molecule has 1 aliphatic rings. The molecular formula is C14H14N4O2. The van der Waals surface area contributed by atoms with E-state index in [0.29, 0.717) is 36.7 Å². The van der Waals surface area contributed by atoms with Crippen LogP contribution in [0.1, 0.15) is 19.0 Å². The summed E-state index contributed by atoms with van der Waals surface area (Å²) in [5.41, 5.74) is 0.376. The quantitative estimate of drug-likeness (QED) is 0.894. The van der Waals surface area contributed by atoms with Crippen LogP contribution in [0, 0.1) is 16.7 Å². The average Bonchev–Trinajstić information content (AvgIpc) is 3.00. The van der Waals surface area contributed by atoms with Crippen LogP contribution in [0.15, 0.2) is 24.4 Å². The zero-order valence-corrected chi connectivity index (χ0v) is 11.1. The van der Waals surface area contributed by atoms with Crippen LogP contribution < -0.4 is 4.90 Å². The highest BCUT2D eigenvalue weighted by molar-refractivity contribution is 5.76. The number of rotatable bonds is 2. The molecule has 2 aromatic heterocycles. The monoisotopic (exact) mass is 270 g/mol. The van der Waals surface area contributed by atoms with Crippen molar-refractivity contribution in [1.29, 1.82) is 5.26 Å². The number of fused-ring (bicyclic) bond motifs is 1. The van der Waals surface area contributed by atoms with Crippen molar-refractivity contribution >= 4 is 17.4 Å². The Morgan fingerprint density at radius 3 is 3.00 bits per heavy atom. The van der Waals surface area contributed by atoms with Gasteiger partial charge in [-0.2, -0.15) is 5.26 Å². The van der Waals surface area contributed by atoms with Crippen LogP contribution in [0.3, 0.4) is 0 Å². The number of nitriles is 1. The Morgan fingerprint density at radius 2 is 2.35 bits per heavy atom. The van der Waals surface area contributed by atoms with E-state index in [0.717, 1.165) is 0 Å². The third-order valence-corrected chi connectivity index (χ3v) is 3.91. The van der Waals surface area contributed by atoms with Crippen LogP contribution in [-0.2, 0) is 4.79 Å². The number of pyridine rings is 1. The second-order valence-electron chi connectivity index (χ2n) is 5.36. The standard InChI is InChI=1S/C14H14N4O2/c1-14(13(19)20)5-7-17(9-14)12-10(8-15)18-6-3-2-4-11(18)16-12/h2-4,6H,5,7,9H2,1H3,(H,19,20). The lowest BCUT2D eigenvalue weighted by molar-refractivity contribution is -0.146. The van der Waals surface area contributed by atoms with Gasteiger partial charge in [-0.25, -0.2) is 4.98 Å². The number of anilines is 1. The highest BCUT2D eigenvalue weighted by atomic mass is 16.4. The average molecular weight is 270 g/mol. The molecule has 0 amide bonds. The van der Waals surface area contributed by atoms with E-state index in [9.17, 15) is 15.2 Å². The van der Waals surface area contributed by atoms with E-state index in [1.165, 1.54) is 0 Å². The molecule has 6 nitrogen and oxygen atoms in total. The summed E-state index contributed by atoms with van der Waals surface area (Å²) in [7, 11) is 0. The van der Waals surface area contributed by atoms with E-state index in [-0.39, 0.29) is 0 Å². The first-order valence-electron chi connectivity index (χ1n) is 6.41. The maximum atomic E-state index is 11.3. The van der Waals surface area contributed by atoms with Crippen LogP contribution >= 0.6 is 0 Å². The Labute approximate surface area is 115 Å². The topological polar surface area (TPSA) is 81.6 Å². The fourth-order valence-electron chi connectivity index (χ4n) is 2.62. The summed E-state index contributed by atoms with van der Waals surface area (Å²) >= 11 is 0. The van der Waals surface area contributed by atoms with Gasteiger partial charge in [0.05, 0.1) is 5.41 Å². The van der Waals surface area contributed by atoms with Crippen molar-refractivity contribution in [2.24, 2.45) is 5.41 Å². The lowest BCUT2D eigenvalue weighted by Crippen LogP contribution is -2.32. The summed E-state index contributed by atoms with van der Waals surface area (Å²) in [6, 6.07) is 7.69. The fourth-order valence-corrected chi connectivity index (χ4v) is 2.62. The predicted octanol–water partition coefficient (Wildman–Crippen LogP) is 1.51. The second kappa shape index (κ2) is 4.23. The largest absolute Gasteiger partial charge is 0.481 e. The molecule has 1 saturated heterocycles. The molecule has 2 aromatic rings. The molecule has 0 aromatic carbocycles. The first-order chi connectivity index (χ1) is 9.55. The van der Waals surface area contributed by atoms with Crippen LogP contribution in [-0.4, -0.2) is 33.6 Å². The fraction of sp³-hybridized carbons (Fsp3) is 0.357. The van der Waals surface area contributed by atoms with Crippen LogP contribution in [0.25, 0.3) is 5.65 Å². The molecule has 1 atom stereocenters. The Morgan fingerprint density at radius 1 is 1.55 bits per heavy atom. The summed E-state index contributed by atoms with van der Waals surface area (Å²) in [5.74, 6) is -0.231. The molecule has 20 heavy (non-hydrogen) atoms. The van der Waals surface area contributed by atoms with Gasteiger partial charge in [0.25, 0.3) is 0 Å². The molecule has 1 N–H and O–H groups in total. The molecule has 0 radical (unpaired) electrons. The SMILES string of the molecule is CC1(C(=O)O)CCN(c2nc3ccccn3c2C#N)C1. The number of carboxylic acids is 1. The summed E-state index contributed by atoms with van der Waals surface area (Å²) in [6.45, 7) is 2.71. The van der Waals surface area contributed by atoms with Crippen molar-refractivity contribution < 1.29 is 9.90 Å². The molecule has 6 heteroatoms. The highest BCUT2D eigenvalue weighted by Crippen LogP contribution is 2.34. The molecule has 3 rings (SSSR count). The van der Waals surface area contributed by atoms with Gasteiger partial charge in [-0.1, -0.05) is 6.07 Å². The number of aliphatic carboxylic acids is 1. The molecule has 0 spiro atoms. The van der Waals surface area contributed by atoms with E-state index in [4.69, 9.17) is 0 Å². The van der Waals surface area contributed by atoms with Crippen LogP contribution in [0.5, 0.6) is 0 Å². The number of carboxylic acid groups (broad SMARTS) is 1. The summed E-state index contributed by atoms with van der Waals surface area (Å²) in [5, 5.41) is 18.6. The lowest BCUT2D eigenvalue weighted by Gasteiger charge is -2.19. The maximum absolute atomic E-state index is 11.3. The molecule has 3 heterocycles. The Bertz CT molecular complexity index is 730. The molecule has 1 unspecified atom stereocenters. The summed E-state index contributed by atoms with van der Waals surface area (Å²) in [6.07, 6.45) is 2.35. The Hall–Kier alpha value is -2.55. The van der Waals surface area contributed by atoms with Crippen molar-refractivity contribution in [2.45, 2.75) is 13.3 Å². The van der Waals surface area contributed by atoms with Crippen molar-refractivity contribution in [3.63, 3.8) is 0 Å². The Kier molecular flexibility index (Phi) is 2.64. The molecule has 102 valence electrons. The van der Waals surface area contributed by atoms with Crippen molar-refractivity contribution in [3.05, 3.63) is 30.1 Å². The number of carbonyl (C=O) groups is 1. The zero-order chi connectivity index (χ0) is 14.3. The maximum Gasteiger partial charge on any atom is 0.311 e. The van der Waals surface area contributed by atoms with Gasteiger partial charge < -0.3 is 10.0 Å². The van der Waals surface area contributed by atoms with Gasteiger partial charge in [0.15, 0.2) is 11.5 Å². The molecule has 0 bridgehead atoms. The van der Waals surface area contributed by atoms with Gasteiger partial charge >= 0.3 is 5.97 Å². The minimum atomic E-state index is -0.803. The third kappa shape index (κ3) is 1.71. The van der Waals surface area contributed by atoms with Gasteiger partial charge in [0, 0.05) is 19.3 Å². The molecule has 1 fully saturated rings. The molecule has 0 aliphatic carbocycles. The molecule has 0 saturated carbocycles. The van der Waals surface area contributed by atoms with Gasteiger partial charge in [0.1, 0.15) is 11.7 Å². The highest BCUT2D eigenvalue weighted by Gasteiger charge is 2.41. The number of hydrogen-bond acceptors (Lipinski definition) is 4. The van der Waals surface area contributed by atoms with E-state index in [2.05, 4.69) is 11.1 Å². The molecular weight excluding hydrogens is 256 g/mol. The third-order valence-electron chi connectivity index (χ3n) is 3.91. The van der Waals surface area contributed by atoms with Crippen LogP contribution in [0.4, 0.5) is 5.82 Å². The lowest BCUT2D eigenvalue weighted by atomic mass is 9.90. The minimum absolute atomic E-state index is 0.376. The molecule has 1 aliphatic heterocycles. The van der Waals surface area contributed by atoms with Crippen molar-refractivity contribution in [2.75, 3.05) is 18.0 Å². The number of aromatic nitrogens is 2. The smallest absolute Gasteiger partial charge is 0.311 e. The van der Waals surface area contributed by atoms with E-state index >= 15 is 0 Å². The van der Waals surface area contributed by atoms with Gasteiger partial charge in [0.2, 0.25) is 0 Å². The van der Waals surface area contributed by atoms with Gasteiger partial charge in [-0.15, -0.1) is 0 Å².